The monoisotopic (exact) mass is 283 g/mol. The van der Waals surface area contributed by atoms with Gasteiger partial charge in [0.2, 0.25) is 0 Å². The number of hydrogen-bond donors (Lipinski definition) is 1. The second-order valence-corrected chi connectivity index (χ2v) is 4.22. The molecule has 0 aliphatic rings. The molecular weight excluding hydrogens is 273 g/mol. The number of imidazole rings is 1. The number of rotatable bonds is 2. The number of carbonyl (C=O) groups is 1. The minimum Gasteiger partial charge on any atom is -0.464 e. The fourth-order valence-electron chi connectivity index (χ4n) is 1.76. The van der Waals surface area contributed by atoms with E-state index in [1.165, 1.54) is 23.8 Å². The van der Waals surface area contributed by atoms with Gasteiger partial charge in [0.1, 0.15) is 17.5 Å². The highest BCUT2D eigenvalue weighted by Crippen LogP contribution is 2.27. The van der Waals surface area contributed by atoms with Gasteiger partial charge in [-0.05, 0) is 25.1 Å². The number of nitrogens with zero attached hydrogens (tertiary/aromatic N) is 2. The molecule has 0 atom stereocenters. The van der Waals surface area contributed by atoms with E-state index in [0.29, 0.717) is 11.5 Å². The zero-order chi connectivity index (χ0) is 14.2. The van der Waals surface area contributed by atoms with Crippen molar-refractivity contribution in [2.24, 2.45) is 0 Å². The number of anilines is 1. The second-order valence-electron chi connectivity index (χ2n) is 3.82. The van der Waals surface area contributed by atoms with E-state index in [0.717, 1.165) is 6.07 Å². The van der Waals surface area contributed by atoms with Crippen LogP contribution in [0.25, 0.3) is 5.69 Å². The molecule has 0 saturated heterocycles. The lowest BCUT2D eigenvalue weighted by atomic mass is 10.3. The fraction of sp³-hybridized carbons (Fsp3) is 0.167. The summed E-state index contributed by atoms with van der Waals surface area (Å²) in [5.41, 5.74) is 6.31. The van der Waals surface area contributed by atoms with Crippen molar-refractivity contribution >= 4 is 23.4 Å². The highest BCUT2D eigenvalue weighted by molar-refractivity contribution is 6.32. The van der Waals surface area contributed by atoms with E-state index in [9.17, 15) is 9.18 Å². The van der Waals surface area contributed by atoms with E-state index in [2.05, 4.69) is 9.72 Å². The molecule has 0 spiro atoms. The molecule has 1 heterocycles. The van der Waals surface area contributed by atoms with Gasteiger partial charge in [0.05, 0.1) is 17.8 Å². The number of nitrogens with two attached hydrogens (primary N) is 1. The Hall–Kier alpha value is -2.08. The van der Waals surface area contributed by atoms with Crippen LogP contribution in [0, 0.1) is 12.7 Å². The Kier molecular flexibility index (Phi) is 3.44. The lowest BCUT2D eigenvalue weighted by Crippen LogP contribution is -2.08. The van der Waals surface area contributed by atoms with E-state index in [4.69, 9.17) is 17.3 Å². The topological polar surface area (TPSA) is 70.1 Å². The molecule has 5 nitrogen and oxygen atoms in total. The number of benzene rings is 1. The van der Waals surface area contributed by atoms with Crippen molar-refractivity contribution in [3.05, 3.63) is 40.6 Å². The van der Waals surface area contributed by atoms with Crippen molar-refractivity contribution < 1.29 is 13.9 Å². The van der Waals surface area contributed by atoms with Crippen LogP contribution in [0.15, 0.2) is 18.2 Å². The molecule has 0 aliphatic carbocycles. The number of aryl methyl sites for hydroxylation is 1. The van der Waals surface area contributed by atoms with Crippen LogP contribution in [-0.2, 0) is 4.74 Å². The van der Waals surface area contributed by atoms with Crippen LogP contribution < -0.4 is 5.73 Å². The molecule has 0 radical (unpaired) electrons. The first-order valence-corrected chi connectivity index (χ1v) is 5.72. The number of esters is 1. The molecule has 2 aromatic rings. The number of carbonyl (C=O) groups excluding carboxylic acids is 1. The minimum atomic E-state index is -0.641. The molecule has 19 heavy (non-hydrogen) atoms. The summed E-state index contributed by atoms with van der Waals surface area (Å²) < 4.78 is 19.1. The van der Waals surface area contributed by atoms with Gasteiger partial charge in [-0.2, -0.15) is 0 Å². The Morgan fingerprint density at radius 1 is 1.53 bits per heavy atom. The summed E-state index contributed by atoms with van der Waals surface area (Å²) >= 11 is 5.97. The Morgan fingerprint density at radius 3 is 2.79 bits per heavy atom. The SMILES string of the molecule is COC(=O)c1nc(C)n(-c2ccc(F)cc2Cl)c1N. The van der Waals surface area contributed by atoms with Crippen molar-refractivity contribution in [2.45, 2.75) is 6.92 Å². The van der Waals surface area contributed by atoms with Gasteiger partial charge < -0.3 is 10.5 Å². The number of methoxy groups -OCH3 is 1. The maximum absolute atomic E-state index is 13.0. The van der Waals surface area contributed by atoms with Crippen LogP contribution in [-0.4, -0.2) is 22.6 Å². The molecule has 0 aliphatic heterocycles. The van der Waals surface area contributed by atoms with Gasteiger partial charge in [-0.1, -0.05) is 11.6 Å². The third-order valence-corrected chi connectivity index (χ3v) is 2.91. The van der Waals surface area contributed by atoms with Crippen LogP contribution in [0.3, 0.4) is 0 Å². The third-order valence-electron chi connectivity index (χ3n) is 2.61. The number of nitrogen functional groups attached to an aromatic ring is 1. The van der Waals surface area contributed by atoms with Crippen molar-refractivity contribution in [1.82, 2.24) is 9.55 Å². The predicted molar refractivity (Wildman–Crippen MR) is 69.0 cm³/mol. The molecule has 1 aromatic carbocycles. The standard InChI is InChI=1S/C12H11ClFN3O2/c1-6-16-10(12(18)19-2)11(15)17(6)9-4-3-7(14)5-8(9)13/h3-5H,15H2,1-2H3. The minimum absolute atomic E-state index is 0.000363. The average molecular weight is 284 g/mol. The second kappa shape index (κ2) is 4.89. The number of aromatic nitrogens is 2. The Morgan fingerprint density at radius 2 is 2.21 bits per heavy atom. The molecule has 0 unspecified atom stereocenters. The molecular formula is C12H11ClFN3O2. The maximum atomic E-state index is 13.0. The average Bonchev–Trinajstić information content (AvgIpc) is 2.65. The molecule has 0 fully saturated rings. The van der Waals surface area contributed by atoms with Crippen molar-refractivity contribution in [1.29, 1.82) is 0 Å². The van der Waals surface area contributed by atoms with Gasteiger partial charge in [-0.3, -0.25) is 4.57 Å². The van der Waals surface area contributed by atoms with E-state index < -0.39 is 11.8 Å². The third kappa shape index (κ3) is 2.26. The van der Waals surface area contributed by atoms with Gasteiger partial charge in [0, 0.05) is 0 Å². The van der Waals surface area contributed by atoms with Crippen LogP contribution >= 0.6 is 11.6 Å². The molecule has 0 amide bonds. The van der Waals surface area contributed by atoms with E-state index in [1.807, 2.05) is 0 Å². The summed E-state index contributed by atoms with van der Waals surface area (Å²) in [6.07, 6.45) is 0. The number of ether oxygens (including phenoxy) is 1. The van der Waals surface area contributed by atoms with Gasteiger partial charge in [0.15, 0.2) is 5.69 Å². The van der Waals surface area contributed by atoms with Gasteiger partial charge in [-0.25, -0.2) is 14.2 Å². The fourth-order valence-corrected chi connectivity index (χ4v) is 2.01. The normalized spacial score (nSPS) is 10.5. The highest BCUT2D eigenvalue weighted by Gasteiger charge is 2.21. The number of hydrogen-bond acceptors (Lipinski definition) is 4. The first-order chi connectivity index (χ1) is 8.95. The van der Waals surface area contributed by atoms with Gasteiger partial charge in [-0.15, -0.1) is 0 Å². The van der Waals surface area contributed by atoms with Gasteiger partial charge in [0.25, 0.3) is 0 Å². The van der Waals surface area contributed by atoms with Crippen LogP contribution in [0.2, 0.25) is 5.02 Å². The lowest BCUT2D eigenvalue weighted by molar-refractivity contribution is 0.0596. The summed E-state index contributed by atoms with van der Waals surface area (Å²) in [6.45, 7) is 1.66. The smallest absolute Gasteiger partial charge is 0.360 e. The molecule has 2 rings (SSSR count). The highest BCUT2D eigenvalue weighted by atomic mass is 35.5. The molecule has 1 aromatic heterocycles. The summed E-state index contributed by atoms with van der Waals surface area (Å²) in [7, 11) is 1.24. The largest absolute Gasteiger partial charge is 0.464 e. The summed E-state index contributed by atoms with van der Waals surface area (Å²) in [5.74, 6) is -0.555. The summed E-state index contributed by atoms with van der Waals surface area (Å²) in [6, 6.07) is 3.87. The maximum Gasteiger partial charge on any atom is 0.360 e. The predicted octanol–water partition coefficient (Wildman–Crippen LogP) is 2.34. The number of halogens is 2. The van der Waals surface area contributed by atoms with E-state index >= 15 is 0 Å². The van der Waals surface area contributed by atoms with Crippen molar-refractivity contribution in [3.63, 3.8) is 0 Å². The molecule has 0 saturated carbocycles. The molecule has 0 bridgehead atoms. The van der Waals surface area contributed by atoms with E-state index in [-0.39, 0.29) is 16.5 Å². The molecule has 7 heteroatoms. The zero-order valence-corrected chi connectivity index (χ0v) is 11.0. The van der Waals surface area contributed by atoms with Crippen LogP contribution in [0.1, 0.15) is 16.3 Å². The summed E-state index contributed by atoms with van der Waals surface area (Å²) in [5, 5.41) is 0.170. The molecule has 2 N–H and O–H groups in total. The van der Waals surface area contributed by atoms with Crippen LogP contribution in [0.4, 0.5) is 10.2 Å². The Labute approximate surface area is 113 Å². The summed E-state index contributed by atoms with van der Waals surface area (Å²) in [4.78, 5) is 15.5. The lowest BCUT2D eigenvalue weighted by Gasteiger charge is -2.09. The molecule has 100 valence electrons. The van der Waals surface area contributed by atoms with Gasteiger partial charge >= 0.3 is 5.97 Å². The first kappa shape index (κ1) is 13.4. The van der Waals surface area contributed by atoms with E-state index in [1.54, 1.807) is 6.92 Å². The first-order valence-electron chi connectivity index (χ1n) is 5.34. The van der Waals surface area contributed by atoms with Crippen LogP contribution in [0.5, 0.6) is 0 Å². The van der Waals surface area contributed by atoms with Crippen molar-refractivity contribution in [2.75, 3.05) is 12.8 Å². The quantitative estimate of drug-likeness (QED) is 0.859. The Balaban J connectivity index is 2.63. The zero-order valence-electron chi connectivity index (χ0n) is 10.3. The van der Waals surface area contributed by atoms with Crippen molar-refractivity contribution in [3.8, 4) is 5.69 Å². The Bertz CT molecular complexity index is 655.